The van der Waals surface area contributed by atoms with Crippen molar-refractivity contribution < 1.29 is 9.90 Å². The minimum atomic E-state index is -1.17. The van der Waals surface area contributed by atoms with E-state index >= 15 is 0 Å². The monoisotopic (exact) mass is 370 g/mol. The number of nitrogens with zero attached hydrogens (tertiary/aromatic N) is 2. The van der Waals surface area contributed by atoms with Gasteiger partial charge in [-0.05, 0) is 47.8 Å². The van der Waals surface area contributed by atoms with Crippen molar-refractivity contribution in [3.63, 3.8) is 0 Å². The molecule has 0 atom stereocenters. The fraction of sp³-hybridized carbons (Fsp3) is 0. The van der Waals surface area contributed by atoms with Crippen molar-refractivity contribution in [1.29, 1.82) is 5.26 Å². The van der Waals surface area contributed by atoms with Crippen molar-refractivity contribution in [2.75, 3.05) is 0 Å². The number of carboxylic acid groups (broad SMARTS) is 1. The maximum atomic E-state index is 10.7. The molecule has 13 heavy (non-hydrogen) atoms. The van der Waals surface area contributed by atoms with Gasteiger partial charge in [0.15, 0.2) is 0 Å². The Morgan fingerprint density at radius 3 is 2.15 bits per heavy atom. The number of rotatable bonds is 0. The first-order valence-corrected chi connectivity index (χ1v) is 5.27. The van der Waals surface area contributed by atoms with Gasteiger partial charge in [-0.15, -0.1) is 0 Å². The molecule has 1 aromatic heterocycles. The zero-order chi connectivity index (χ0) is 10.2. The van der Waals surface area contributed by atoms with E-state index in [0.717, 1.165) is 4.57 Å². The predicted octanol–water partition coefficient (Wildman–Crippen LogP) is 3.17. The van der Waals surface area contributed by atoms with E-state index in [0.29, 0.717) is 9.08 Å². The van der Waals surface area contributed by atoms with E-state index < -0.39 is 6.09 Å². The van der Waals surface area contributed by atoms with Crippen LogP contribution in [0.15, 0.2) is 13.7 Å². The summed E-state index contributed by atoms with van der Waals surface area (Å²) < 4.78 is 1.84. The normalized spacial score (nSPS) is 9.69. The lowest BCUT2D eigenvalue weighted by molar-refractivity contribution is 0.195. The number of carbonyl (C=O) groups is 1. The minimum Gasteiger partial charge on any atom is -0.464 e. The van der Waals surface area contributed by atoms with Crippen LogP contribution in [0.5, 0.6) is 0 Å². The Kier molecular flexibility index (Phi) is 3.16. The van der Waals surface area contributed by atoms with E-state index in [2.05, 4.69) is 47.8 Å². The lowest BCUT2D eigenvalue weighted by Crippen LogP contribution is -2.08. The second kappa shape index (κ2) is 3.82. The number of aromatic nitrogens is 1. The van der Waals surface area contributed by atoms with Gasteiger partial charge in [-0.2, -0.15) is 5.26 Å². The zero-order valence-electron chi connectivity index (χ0n) is 5.88. The van der Waals surface area contributed by atoms with Crippen molar-refractivity contribution >= 4 is 53.9 Å². The van der Waals surface area contributed by atoms with Gasteiger partial charge < -0.3 is 5.11 Å². The first-order valence-electron chi connectivity index (χ1n) is 2.89. The maximum Gasteiger partial charge on any atom is 0.417 e. The number of halogens is 3. The quantitative estimate of drug-likeness (QED) is 0.760. The Labute approximate surface area is 98.5 Å². The van der Waals surface area contributed by atoms with E-state index in [9.17, 15) is 4.79 Å². The van der Waals surface area contributed by atoms with Crippen LogP contribution < -0.4 is 0 Å². The molecule has 0 unspecified atom stereocenters. The van der Waals surface area contributed by atoms with Crippen LogP contribution in [0.25, 0.3) is 0 Å². The molecule has 0 spiro atoms. The number of hydrogen-bond donors (Lipinski definition) is 1. The van der Waals surface area contributed by atoms with Gasteiger partial charge in [-0.25, -0.2) is 9.36 Å². The van der Waals surface area contributed by atoms with Gasteiger partial charge in [0.05, 0.1) is 4.47 Å². The predicted molar refractivity (Wildman–Crippen MR) is 55.7 cm³/mol. The summed E-state index contributed by atoms with van der Waals surface area (Å²) in [6.07, 6.45) is -1.17. The lowest BCUT2D eigenvalue weighted by atomic mass is 10.4. The molecule has 1 aromatic rings. The highest BCUT2D eigenvalue weighted by atomic mass is 79.9. The number of hydrogen-bond acceptors (Lipinski definition) is 2. The van der Waals surface area contributed by atoms with Crippen LogP contribution in [0.2, 0.25) is 0 Å². The third-order valence-corrected chi connectivity index (χ3v) is 4.11. The van der Waals surface area contributed by atoms with Crippen LogP contribution in [0.1, 0.15) is 5.56 Å². The van der Waals surface area contributed by atoms with Crippen molar-refractivity contribution in [1.82, 2.24) is 4.57 Å². The molecule has 0 amide bonds. The summed E-state index contributed by atoms with van der Waals surface area (Å²) in [7, 11) is 0. The average Bonchev–Trinajstić information content (AvgIpc) is 2.24. The molecule has 0 radical (unpaired) electrons. The van der Waals surface area contributed by atoms with E-state index in [1.165, 1.54) is 0 Å². The summed E-state index contributed by atoms with van der Waals surface area (Å²) in [6.45, 7) is 0. The van der Waals surface area contributed by atoms with Crippen molar-refractivity contribution in [3.8, 4) is 6.07 Å². The SMILES string of the molecule is N#Cc1c(Br)c(Br)n(C(=O)O)c1Br. The zero-order valence-corrected chi connectivity index (χ0v) is 10.6. The van der Waals surface area contributed by atoms with Crippen LogP contribution in [-0.4, -0.2) is 15.8 Å². The van der Waals surface area contributed by atoms with Gasteiger partial charge in [0.1, 0.15) is 20.8 Å². The summed E-state index contributed by atoms with van der Waals surface area (Å²) in [5.41, 5.74) is 0.245. The molecule has 1 heterocycles. The molecule has 0 saturated heterocycles. The molecule has 0 fully saturated rings. The molecule has 7 heteroatoms. The van der Waals surface area contributed by atoms with Gasteiger partial charge in [0.25, 0.3) is 0 Å². The van der Waals surface area contributed by atoms with Crippen LogP contribution in [-0.2, 0) is 0 Å². The third-order valence-electron chi connectivity index (χ3n) is 1.30. The first kappa shape index (κ1) is 10.8. The highest BCUT2D eigenvalue weighted by Crippen LogP contribution is 2.35. The second-order valence-electron chi connectivity index (χ2n) is 2.00. The number of nitriles is 1. The smallest absolute Gasteiger partial charge is 0.417 e. The molecule has 0 aliphatic rings. The van der Waals surface area contributed by atoms with Gasteiger partial charge in [0.2, 0.25) is 0 Å². The molecule has 4 nitrogen and oxygen atoms in total. The topological polar surface area (TPSA) is 66.0 Å². The fourth-order valence-corrected chi connectivity index (χ4v) is 2.85. The first-order chi connectivity index (χ1) is 6.00. The Morgan fingerprint density at radius 1 is 1.38 bits per heavy atom. The summed E-state index contributed by atoms with van der Waals surface area (Å²) >= 11 is 9.16. The van der Waals surface area contributed by atoms with Gasteiger partial charge in [-0.1, -0.05) is 0 Å². The molecule has 0 aromatic carbocycles. The second-order valence-corrected chi connectivity index (χ2v) is 4.30. The highest BCUT2D eigenvalue weighted by molar-refractivity contribution is 9.13. The average molecular weight is 373 g/mol. The third kappa shape index (κ3) is 1.66. The lowest BCUT2D eigenvalue weighted by Gasteiger charge is -1.97. The van der Waals surface area contributed by atoms with Gasteiger partial charge in [-0.3, -0.25) is 0 Å². The summed E-state index contributed by atoms with van der Waals surface area (Å²) in [5, 5.41) is 17.4. The fourth-order valence-electron chi connectivity index (χ4n) is 0.753. The molecular weight excluding hydrogens is 372 g/mol. The van der Waals surface area contributed by atoms with Crippen LogP contribution >= 0.6 is 47.8 Å². The van der Waals surface area contributed by atoms with E-state index in [-0.39, 0.29) is 10.2 Å². The summed E-state index contributed by atoms with van der Waals surface area (Å²) in [4.78, 5) is 10.7. The molecule has 0 bridgehead atoms. The molecule has 0 aliphatic heterocycles. The highest BCUT2D eigenvalue weighted by Gasteiger charge is 2.21. The largest absolute Gasteiger partial charge is 0.464 e. The summed E-state index contributed by atoms with van der Waals surface area (Å²) in [5.74, 6) is 0. The molecule has 1 rings (SSSR count). The molecule has 0 saturated carbocycles. The van der Waals surface area contributed by atoms with Crippen LogP contribution in [0.3, 0.4) is 0 Å². The van der Waals surface area contributed by atoms with E-state index in [1.807, 2.05) is 6.07 Å². The van der Waals surface area contributed by atoms with Crippen molar-refractivity contribution in [3.05, 3.63) is 19.2 Å². The Morgan fingerprint density at radius 2 is 1.92 bits per heavy atom. The van der Waals surface area contributed by atoms with E-state index in [1.54, 1.807) is 0 Å². The molecule has 1 N–H and O–H groups in total. The Bertz CT molecular complexity index is 418. The standard InChI is InChI=1S/C6HBr3N2O2/c7-3-2(1-10)4(8)11(5(3)9)6(12)13/h(H,12,13). The maximum absolute atomic E-state index is 10.7. The molecular formula is C6HBr3N2O2. The minimum absolute atomic E-state index is 0.209. The summed E-state index contributed by atoms with van der Waals surface area (Å²) in [6, 6.07) is 1.87. The van der Waals surface area contributed by atoms with Crippen LogP contribution in [0.4, 0.5) is 4.79 Å². The molecule has 68 valence electrons. The van der Waals surface area contributed by atoms with E-state index in [4.69, 9.17) is 10.4 Å². The Balaban J connectivity index is 3.57. The van der Waals surface area contributed by atoms with Gasteiger partial charge in [0, 0.05) is 0 Å². The van der Waals surface area contributed by atoms with Crippen molar-refractivity contribution in [2.45, 2.75) is 0 Å². The van der Waals surface area contributed by atoms with Crippen LogP contribution in [0, 0.1) is 11.3 Å². The van der Waals surface area contributed by atoms with Crippen molar-refractivity contribution in [2.24, 2.45) is 0 Å². The molecule has 0 aliphatic carbocycles. The Hall–Kier alpha value is -0.320. The van der Waals surface area contributed by atoms with Gasteiger partial charge >= 0.3 is 6.09 Å².